The van der Waals surface area contributed by atoms with Crippen LogP contribution in [-0.4, -0.2) is 27.2 Å². The number of hydrogen-bond acceptors (Lipinski definition) is 4. The van der Waals surface area contributed by atoms with Crippen LogP contribution in [0.1, 0.15) is 17.4 Å². The third-order valence-corrected chi connectivity index (χ3v) is 2.84. The summed E-state index contributed by atoms with van der Waals surface area (Å²) in [4.78, 5) is 24.3. The molecule has 0 spiro atoms. The van der Waals surface area contributed by atoms with Gasteiger partial charge in [0.25, 0.3) is 5.91 Å². The number of amides is 1. The van der Waals surface area contributed by atoms with Gasteiger partial charge in [-0.05, 0) is 19.1 Å². The maximum Gasteiger partial charge on any atom is 0.320 e. The van der Waals surface area contributed by atoms with Crippen LogP contribution < -0.4 is 4.90 Å². The average molecular weight is 274 g/mol. The molecule has 2 rings (SSSR count). The van der Waals surface area contributed by atoms with Gasteiger partial charge in [0.15, 0.2) is 0 Å². The van der Waals surface area contributed by atoms with Gasteiger partial charge < -0.3 is 4.90 Å². The fourth-order valence-electron chi connectivity index (χ4n) is 1.94. The minimum Gasteiger partial charge on any atom is -0.307 e. The van der Waals surface area contributed by atoms with Crippen LogP contribution in [0.25, 0.3) is 0 Å². The lowest BCUT2D eigenvalue weighted by Gasteiger charge is -2.19. The number of rotatable bonds is 4. The van der Waals surface area contributed by atoms with Crippen molar-refractivity contribution in [2.45, 2.75) is 6.92 Å². The van der Waals surface area contributed by atoms with E-state index in [1.165, 1.54) is 15.8 Å². The fraction of sp³-hybridized carbons (Fsp3) is 0.231. The third-order valence-electron chi connectivity index (χ3n) is 2.84. The largest absolute Gasteiger partial charge is 0.320 e. The molecule has 0 bridgehead atoms. The zero-order valence-corrected chi connectivity index (χ0v) is 11.2. The van der Waals surface area contributed by atoms with E-state index in [1.807, 2.05) is 6.07 Å². The normalized spacial score (nSPS) is 10.3. The van der Waals surface area contributed by atoms with E-state index in [-0.39, 0.29) is 11.4 Å². The molecule has 0 N–H and O–H groups in total. The number of carbonyl (C=O) groups is 1. The molecule has 104 valence electrons. The summed E-state index contributed by atoms with van der Waals surface area (Å²) in [5, 5.41) is 14.9. The van der Waals surface area contributed by atoms with Crippen LogP contribution in [0, 0.1) is 10.1 Å². The van der Waals surface area contributed by atoms with Crippen molar-refractivity contribution in [1.29, 1.82) is 0 Å². The highest BCUT2D eigenvalue weighted by Gasteiger charge is 2.28. The van der Waals surface area contributed by atoms with Gasteiger partial charge in [0.2, 0.25) is 5.69 Å². The Hall–Kier alpha value is -2.70. The molecule has 0 aliphatic rings. The highest BCUT2D eigenvalue weighted by Crippen LogP contribution is 2.21. The Labute approximate surface area is 115 Å². The number of aromatic nitrogens is 2. The molecule has 1 heterocycles. The Balaban J connectivity index is 2.42. The third kappa shape index (κ3) is 2.51. The molecule has 0 unspecified atom stereocenters. The lowest BCUT2D eigenvalue weighted by molar-refractivity contribution is -0.385. The van der Waals surface area contributed by atoms with Crippen LogP contribution in [-0.2, 0) is 7.05 Å². The quantitative estimate of drug-likeness (QED) is 0.630. The standard InChI is InChI=1S/C13H14N4O3/c1-3-16(10-7-5-4-6-8-10)13(18)12-11(17(19)20)9-15(2)14-12/h4-9H,3H2,1-2H3. The molecule has 7 heteroatoms. The first kappa shape index (κ1) is 13.7. The molecule has 20 heavy (non-hydrogen) atoms. The Morgan fingerprint density at radius 1 is 1.40 bits per heavy atom. The molecule has 0 saturated heterocycles. The zero-order valence-electron chi connectivity index (χ0n) is 11.2. The van der Waals surface area contributed by atoms with E-state index in [4.69, 9.17) is 0 Å². The van der Waals surface area contributed by atoms with E-state index in [0.717, 1.165) is 0 Å². The molecular weight excluding hydrogens is 260 g/mol. The number of para-hydroxylation sites is 1. The highest BCUT2D eigenvalue weighted by molar-refractivity contribution is 6.07. The molecule has 0 atom stereocenters. The van der Waals surface area contributed by atoms with Crippen molar-refractivity contribution in [1.82, 2.24) is 9.78 Å². The van der Waals surface area contributed by atoms with Gasteiger partial charge in [0.1, 0.15) is 6.20 Å². The topological polar surface area (TPSA) is 81.3 Å². The average Bonchev–Trinajstić information content (AvgIpc) is 2.83. The molecule has 1 aromatic heterocycles. The lowest BCUT2D eigenvalue weighted by Crippen LogP contribution is -2.31. The smallest absolute Gasteiger partial charge is 0.307 e. The number of anilines is 1. The van der Waals surface area contributed by atoms with Crippen molar-refractivity contribution in [2.24, 2.45) is 7.05 Å². The number of hydrogen-bond donors (Lipinski definition) is 0. The SMILES string of the molecule is CCN(C(=O)c1nn(C)cc1[N+](=O)[O-])c1ccccc1. The van der Waals surface area contributed by atoms with Gasteiger partial charge in [-0.15, -0.1) is 0 Å². The summed E-state index contributed by atoms with van der Waals surface area (Å²) in [5.41, 5.74) is 0.245. The maximum atomic E-state index is 12.5. The second-order valence-corrected chi connectivity index (χ2v) is 4.18. The van der Waals surface area contributed by atoms with Crippen LogP contribution in [0.5, 0.6) is 0 Å². The van der Waals surface area contributed by atoms with Gasteiger partial charge in [-0.2, -0.15) is 5.10 Å². The number of aryl methyl sites for hydroxylation is 1. The van der Waals surface area contributed by atoms with E-state index in [1.54, 1.807) is 38.2 Å². The molecular formula is C13H14N4O3. The van der Waals surface area contributed by atoms with Gasteiger partial charge in [0.05, 0.1) is 4.92 Å². The van der Waals surface area contributed by atoms with Gasteiger partial charge in [-0.25, -0.2) is 0 Å². The Morgan fingerprint density at radius 2 is 2.05 bits per heavy atom. The van der Waals surface area contributed by atoms with Gasteiger partial charge in [0, 0.05) is 19.3 Å². The van der Waals surface area contributed by atoms with E-state index < -0.39 is 10.8 Å². The molecule has 1 amide bonds. The lowest BCUT2D eigenvalue weighted by atomic mass is 10.2. The number of nitro groups is 1. The monoisotopic (exact) mass is 274 g/mol. The Bertz CT molecular complexity index is 636. The second-order valence-electron chi connectivity index (χ2n) is 4.18. The summed E-state index contributed by atoms with van der Waals surface area (Å²) in [6, 6.07) is 8.99. The molecule has 0 radical (unpaired) electrons. The minimum atomic E-state index is -0.598. The number of benzene rings is 1. The second kappa shape index (κ2) is 5.52. The highest BCUT2D eigenvalue weighted by atomic mass is 16.6. The van der Waals surface area contributed by atoms with E-state index >= 15 is 0 Å². The molecule has 0 aliphatic heterocycles. The van der Waals surface area contributed by atoms with Crippen molar-refractivity contribution in [2.75, 3.05) is 11.4 Å². The van der Waals surface area contributed by atoms with E-state index in [0.29, 0.717) is 12.2 Å². The van der Waals surface area contributed by atoms with Crippen molar-refractivity contribution < 1.29 is 9.72 Å². The summed E-state index contributed by atoms with van der Waals surface area (Å²) < 4.78 is 1.27. The van der Waals surface area contributed by atoms with E-state index in [2.05, 4.69) is 5.10 Å². The summed E-state index contributed by atoms with van der Waals surface area (Å²) in [6.07, 6.45) is 1.23. The molecule has 0 fully saturated rings. The van der Waals surface area contributed by atoms with Crippen LogP contribution in [0.2, 0.25) is 0 Å². The van der Waals surface area contributed by atoms with Crippen molar-refractivity contribution in [3.63, 3.8) is 0 Å². The van der Waals surface area contributed by atoms with Crippen LogP contribution >= 0.6 is 0 Å². The molecule has 0 aliphatic carbocycles. The summed E-state index contributed by atoms with van der Waals surface area (Å²) in [5.74, 6) is -0.481. The first-order valence-corrected chi connectivity index (χ1v) is 6.09. The molecule has 7 nitrogen and oxygen atoms in total. The zero-order chi connectivity index (χ0) is 14.7. The summed E-state index contributed by atoms with van der Waals surface area (Å²) >= 11 is 0. The Kier molecular flexibility index (Phi) is 3.79. The predicted molar refractivity (Wildman–Crippen MR) is 73.7 cm³/mol. The first-order chi connectivity index (χ1) is 9.54. The first-order valence-electron chi connectivity index (χ1n) is 6.09. The molecule has 1 aromatic carbocycles. The predicted octanol–water partition coefficient (Wildman–Crippen LogP) is 1.99. The molecule has 0 saturated carbocycles. The summed E-state index contributed by atoms with van der Waals surface area (Å²) in [6.45, 7) is 2.20. The van der Waals surface area contributed by atoms with Crippen molar-refractivity contribution in [3.8, 4) is 0 Å². The van der Waals surface area contributed by atoms with Crippen LogP contribution in [0.4, 0.5) is 11.4 Å². The van der Waals surface area contributed by atoms with Crippen molar-refractivity contribution >= 4 is 17.3 Å². The van der Waals surface area contributed by atoms with Crippen LogP contribution in [0.15, 0.2) is 36.5 Å². The van der Waals surface area contributed by atoms with E-state index in [9.17, 15) is 14.9 Å². The van der Waals surface area contributed by atoms with Gasteiger partial charge in [-0.1, -0.05) is 18.2 Å². The fourth-order valence-corrected chi connectivity index (χ4v) is 1.94. The van der Waals surface area contributed by atoms with Gasteiger partial charge >= 0.3 is 5.69 Å². The minimum absolute atomic E-state index is 0.150. The maximum absolute atomic E-state index is 12.5. The Morgan fingerprint density at radius 3 is 2.60 bits per heavy atom. The van der Waals surface area contributed by atoms with Crippen molar-refractivity contribution in [3.05, 3.63) is 52.3 Å². The number of carbonyl (C=O) groups excluding carboxylic acids is 1. The number of nitrogens with zero attached hydrogens (tertiary/aromatic N) is 4. The van der Waals surface area contributed by atoms with Gasteiger partial charge in [-0.3, -0.25) is 19.6 Å². The summed E-state index contributed by atoms with van der Waals surface area (Å²) in [7, 11) is 1.54. The van der Waals surface area contributed by atoms with Crippen LogP contribution in [0.3, 0.4) is 0 Å². The molecule has 2 aromatic rings.